The van der Waals surface area contributed by atoms with E-state index in [1.165, 1.54) is 19.3 Å². The highest BCUT2D eigenvalue weighted by molar-refractivity contribution is 5.85. The van der Waals surface area contributed by atoms with Crippen LogP contribution < -0.4 is 10.6 Å². The number of nitrogens with zero attached hydrogens (tertiary/aromatic N) is 4. The van der Waals surface area contributed by atoms with Crippen molar-refractivity contribution in [2.75, 3.05) is 39.3 Å². The SMILES string of the molecule is Cl.O=C(NC1CCCCC1)N1CCN(C(=O)C2(n3cccn3)CCNCC2)CC1. The molecule has 4 rings (SSSR count). The van der Waals surface area contributed by atoms with E-state index in [0.717, 1.165) is 38.8 Å². The van der Waals surface area contributed by atoms with Crippen LogP contribution in [0.5, 0.6) is 0 Å². The molecule has 2 saturated heterocycles. The molecule has 162 valence electrons. The molecule has 0 bridgehead atoms. The molecule has 1 aromatic heterocycles. The van der Waals surface area contributed by atoms with Crippen molar-refractivity contribution < 1.29 is 9.59 Å². The van der Waals surface area contributed by atoms with Gasteiger partial charge in [0.25, 0.3) is 5.91 Å². The molecule has 9 heteroatoms. The zero-order valence-corrected chi connectivity index (χ0v) is 17.8. The van der Waals surface area contributed by atoms with E-state index in [4.69, 9.17) is 0 Å². The van der Waals surface area contributed by atoms with Gasteiger partial charge in [-0.1, -0.05) is 19.3 Å². The van der Waals surface area contributed by atoms with Crippen molar-refractivity contribution in [3.63, 3.8) is 0 Å². The molecule has 0 radical (unpaired) electrons. The van der Waals surface area contributed by atoms with Crippen LogP contribution in [0.2, 0.25) is 0 Å². The third-order valence-electron chi connectivity index (χ3n) is 6.56. The van der Waals surface area contributed by atoms with Crippen LogP contribution in [0.4, 0.5) is 4.79 Å². The van der Waals surface area contributed by atoms with E-state index < -0.39 is 5.54 Å². The number of carbonyl (C=O) groups is 2. The number of hydrogen-bond donors (Lipinski definition) is 2. The summed E-state index contributed by atoms with van der Waals surface area (Å²) in [6, 6.07) is 2.23. The first-order valence-corrected chi connectivity index (χ1v) is 10.7. The quantitative estimate of drug-likeness (QED) is 0.771. The molecule has 8 nitrogen and oxygen atoms in total. The predicted octanol–water partition coefficient (Wildman–Crippen LogP) is 1.57. The zero-order chi connectivity index (χ0) is 19.4. The molecule has 0 aromatic carbocycles. The van der Waals surface area contributed by atoms with Gasteiger partial charge in [0.15, 0.2) is 0 Å². The third-order valence-corrected chi connectivity index (χ3v) is 6.56. The van der Waals surface area contributed by atoms with E-state index >= 15 is 0 Å². The summed E-state index contributed by atoms with van der Waals surface area (Å²) in [6.07, 6.45) is 11.0. The summed E-state index contributed by atoms with van der Waals surface area (Å²) in [7, 11) is 0. The van der Waals surface area contributed by atoms with E-state index in [-0.39, 0.29) is 24.3 Å². The van der Waals surface area contributed by atoms with E-state index in [2.05, 4.69) is 15.7 Å². The van der Waals surface area contributed by atoms with Gasteiger partial charge >= 0.3 is 6.03 Å². The second-order valence-electron chi connectivity index (χ2n) is 8.30. The highest BCUT2D eigenvalue weighted by Crippen LogP contribution is 2.30. The van der Waals surface area contributed by atoms with Gasteiger partial charge in [0.2, 0.25) is 0 Å². The minimum Gasteiger partial charge on any atom is -0.337 e. The zero-order valence-electron chi connectivity index (χ0n) is 17.0. The summed E-state index contributed by atoms with van der Waals surface area (Å²) in [5.74, 6) is 0.144. The minimum absolute atomic E-state index is 0. The van der Waals surface area contributed by atoms with Crippen LogP contribution in [0.15, 0.2) is 18.5 Å². The Bertz CT molecular complexity index is 663. The standard InChI is InChI=1S/C20H32N6O2.ClH/c27-18(20(7-10-21-11-8-20)26-12-4-9-22-26)24-13-15-25(16-14-24)19(28)23-17-5-2-1-3-6-17;/h4,9,12,17,21H,1-3,5-8,10-11,13-16H2,(H,23,28);1H. The molecular formula is C20H33ClN6O2. The molecule has 1 saturated carbocycles. The first-order valence-electron chi connectivity index (χ1n) is 10.7. The Labute approximate surface area is 178 Å². The molecule has 1 aromatic rings. The Morgan fingerprint density at radius 3 is 2.28 bits per heavy atom. The Kier molecular flexibility index (Phi) is 7.40. The van der Waals surface area contributed by atoms with Crippen molar-refractivity contribution in [3.8, 4) is 0 Å². The fraction of sp³-hybridized carbons (Fsp3) is 0.750. The molecule has 0 spiro atoms. The average molecular weight is 425 g/mol. The van der Waals surface area contributed by atoms with Crippen LogP contribution in [0.25, 0.3) is 0 Å². The molecule has 3 aliphatic rings. The molecule has 3 fully saturated rings. The number of piperidine rings is 1. The van der Waals surface area contributed by atoms with Crippen LogP contribution in [-0.4, -0.2) is 76.8 Å². The molecule has 3 amide bonds. The van der Waals surface area contributed by atoms with Gasteiger partial charge < -0.3 is 20.4 Å². The van der Waals surface area contributed by atoms with Gasteiger partial charge in [-0.25, -0.2) is 4.79 Å². The van der Waals surface area contributed by atoms with E-state index in [1.807, 2.05) is 26.7 Å². The van der Waals surface area contributed by atoms with Gasteiger partial charge in [-0.2, -0.15) is 5.10 Å². The third kappa shape index (κ3) is 4.69. The predicted molar refractivity (Wildman–Crippen MR) is 113 cm³/mol. The lowest BCUT2D eigenvalue weighted by Crippen LogP contribution is -2.60. The molecule has 2 aliphatic heterocycles. The summed E-state index contributed by atoms with van der Waals surface area (Å²) in [5, 5.41) is 10.9. The molecular weight excluding hydrogens is 392 g/mol. The van der Waals surface area contributed by atoms with Crippen LogP contribution in [0.3, 0.4) is 0 Å². The highest BCUT2D eigenvalue weighted by atomic mass is 35.5. The monoisotopic (exact) mass is 424 g/mol. The van der Waals surface area contributed by atoms with Gasteiger partial charge in [-0.05, 0) is 44.8 Å². The van der Waals surface area contributed by atoms with Crippen molar-refractivity contribution in [2.24, 2.45) is 0 Å². The lowest BCUT2D eigenvalue weighted by atomic mass is 9.86. The fourth-order valence-corrected chi connectivity index (χ4v) is 4.82. The second kappa shape index (κ2) is 9.80. The Morgan fingerprint density at radius 1 is 1.00 bits per heavy atom. The number of rotatable bonds is 3. The number of amides is 3. The largest absolute Gasteiger partial charge is 0.337 e. The number of piperazine rings is 1. The minimum atomic E-state index is -0.596. The summed E-state index contributed by atoms with van der Waals surface area (Å²) >= 11 is 0. The summed E-state index contributed by atoms with van der Waals surface area (Å²) in [5.41, 5.74) is -0.596. The number of carbonyl (C=O) groups excluding carboxylic acids is 2. The van der Waals surface area contributed by atoms with Gasteiger partial charge in [0, 0.05) is 44.6 Å². The maximum Gasteiger partial charge on any atom is 0.317 e. The molecule has 2 N–H and O–H groups in total. The van der Waals surface area contributed by atoms with Gasteiger partial charge in [0.1, 0.15) is 5.54 Å². The van der Waals surface area contributed by atoms with Crippen molar-refractivity contribution in [3.05, 3.63) is 18.5 Å². The number of aromatic nitrogens is 2. The topological polar surface area (TPSA) is 82.5 Å². The van der Waals surface area contributed by atoms with E-state index in [0.29, 0.717) is 32.2 Å². The average Bonchev–Trinajstić information content (AvgIpc) is 3.30. The normalized spacial score (nSPS) is 22.6. The van der Waals surface area contributed by atoms with Crippen LogP contribution in [0.1, 0.15) is 44.9 Å². The summed E-state index contributed by atoms with van der Waals surface area (Å²) < 4.78 is 1.85. The van der Waals surface area contributed by atoms with Crippen LogP contribution in [0, 0.1) is 0 Å². The summed E-state index contributed by atoms with van der Waals surface area (Å²) in [6.45, 7) is 4.00. The highest BCUT2D eigenvalue weighted by Gasteiger charge is 2.45. The van der Waals surface area contributed by atoms with E-state index in [1.54, 1.807) is 6.20 Å². The van der Waals surface area contributed by atoms with Crippen molar-refractivity contribution in [1.29, 1.82) is 0 Å². The Balaban J connectivity index is 0.00000240. The number of hydrogen-bond acceptors (Lipinski definition) is 4. The van der Waals surface area contributed by atoms with Crippen LogP contribution >= 0.6 is 12.4 Å². The van der Waals surface area contributed by atoms with Gasteiger partial charge in [0.05, 0.1) is 0 Å². The maximum atomic E-state index is 13.5. The smallest absolute Gasteiger partial charge is 0.317 e. The Hall–Kier alpha value is -1.80. The van der Waals surface area contributed by atoms with Crippen molar-refractivity contribution >= 4 is 24.3 Å². The maximum absolute atomic E-state index is 13.5. The van der Waals surface area contributed by atoms with Gasteiger partial charge in [-0.3, -0.25) is 9.48 Å². The molecule has 3 heterocycles. The van der Waals surface area contributed by atoms with E-state index in [9.17, 15) is 9.59 Å². The summed E-state index contributed by atoms with van der Waals surface area (Å²) in [4.78, 5) is 29.9. The van der Waals surface area contributed by atoms with Gasteiger partial charge in [-0.15, -0.1) is 12.4 Å². The second-order valence-corrected chi connectivity index (χ2v) is 8.30. The van der Waals surface area contributed by atoms with Crippen molar-refractivity contribution in [2.45, 2.75) is 56.5 Å². The van der Waals surface area contributed by atoms with Crippen molar-refractivity contribution in [1.82, 2.24) is 30.2 Å². The molecule has 0 atom stereocenters. The Morgan fingerprint density at radius 2 is 1.66 bits per heavy atom. The lowest BCUT2D eigenvalue weighted by Gasteiger charge is -2.43. The first-order chi connectivity index (χ1) is 13.7. The molecule has 29 heavy (non-hydrogen) atoms. The lowest BCUT2D eigenvalue weighted by molar-refractivity contribution is -0.144. The first kappa shape index (κ1) is 21.9. The molecule has 1 aliphatic carbocycles. The number of urea groups is 1. The number of halogens is 1. The van der Waals surface area contributed by atoms with Crippen LogP contribution in [-0.2, 0) is 10.3 Å². The fourth-order valence-electron chi connectivity index (χ4n) is 4.82. The number of nitrogens with one attached hydrogen (secondary N) is 2. The molecule has 0 unspecified atom stereocenters.